The van der Waals surface area contributed by atoms with Gasteiger partial charge >= 0.3 is 0 Å². The van der Waals surface area contributed by atoms with Crippen molar-refractivity contribution in [2.24, 2.45) is 0 Å². The minimum absolute atomic E-state index is 0.0495. The molecule has 3 rings (SSSR count). The second kappa shape index (κ2) is 9.25. The van der Waals surface area contributed by atoms with Crippen molar-refractivity contribution >= 4 is 11.8 Å². The van der Waals surface area contributed by atoms with Crippen LogP contribution in [0.2, 0.25) is 0 Å². The first-order valence-electron chi connectivity index (χ1n) is 9.69. The van der Waals surface area contributed by atoms with Crippen LogP contribution in [0.15, 0.2) is 24.4 Å². The molecule has 0 aromatic carbocycles. The van der Waals surface area contributed by atoms with Gasteiger partial charge in [-0.25, -0.2) is 0 Å². The van der Waals surface area contributed by atoms with Gasteiger partial charge in [-0.05, 0) is 25.1 Å². The lowest BCUT2D eigenvalue weighted by atomic mass is 10.0. The van der Waals surface area contributed by atoms with E-state index in [0.29, 0.717) is 25.2 Å². The van der Waals surface area contributed by atoms with Gasteiger partial charge in [0.05, 0.1) is 18.7 Å². The highest BCUT2D eigenvalue weighted by molar-refractivity contribution is 5.92. The number of β-amino-alcohol motifs (C(OH)–C–C–N with tert-alkyl or cyclic N) is 1. The molecular weight excluding hydrogens is 346 g/mol. The van der Waals surface area contributed by atoms with E-state index in [2.05, 4.69) is 27.0 Å². The Morgan fingerprint density at radius 1 is 1.19 bits per heavy atom. The van der Waals surface area contributed by atoms with Crippen LogP contribution in [0.4, 0.5) is 0 Å². The van der Waals surface area contributed by atoms with E-state index >= 15 is 0 Å². The second-order valence-electron chi connectivity index (χ2n) is 7.20. The van der Waals surface area contributed by atoms with Gasteiger partial charge in [0.2, 0.25) is 5.91 Å². The molecule has 8 nitrogen and oxygen atoms in total. The SMILES string of the molecule is CCN1CCN(CC(=O)N2CC[C@@H](NC(=O)c3ccccn3)[C@H](O)C2)CC1. The molecule has 148 valence electrons. The van der Waals surface area contributed by atoms with Crippen molar-refractivity contribution in [3.05, 3.63) is 30.1 Å². The maximum atomic E-state index is 12.6. The van der Waals surface area contributed by atoms with Gasteiger partial charge in [0.1, 0.15) is 5.69 Å². The zero-order valence-electron chi connectivity index (χ0n) is 15.9. The van der Waals surface area contributed by atoms with E-state index in [1.54, 1.807) is 29.3 Å². The Hall–Kier alpha value is -2.03. The molecular formula is C19H29N5O3. The van der Waals surface area contributed by atoms with E-state index in [-0.39, 0.29) is 24.4 Å². The predicted molar refractivity (Wildman–Crippen MR) is 101 cm³/mol. The fourth-order valence-corrected chi connectivity index (χ4v) is 3.62. The molecule has 2 fully saturated rings. The van der Waals surface area contributed by atoms with Gasteiger partial charge in [0.15, 0.2) is 0 Å². The summed E-state index contributed by atoms with van der Waals surface area (Å²) in [4.78, 5) is 35.1. The van der Waals surface area contributed by atoms with Crippen molar-refractivity contribution in [2.75, 3.05) is 52.4 Å². The second-order valence-corrected chi connectivity index (χ2v) is 7.20. The van der Waals surface area contributed by atoms with Crippen molar-refractivity contribution in [1.82, 2.24) is 25.0 Å². The molecule has 0 aliphatic carbocycles. The maximum absolute atomic E-state index is 12.6. The molecule has 8 heteroatoms. The van der Waals surface area contributed by atoms with Crippen LogP contribution in [0.1, 0.15) is 23.8 Å². The molecule has 0 bridgehead atoms. The Kier molecular flexibility index (Phi) is 6.76. The quantitative estimate of drug-likeness (QED) is 0.715. The van der Waals surface area contributed by atoms with Gasteiger partial charge in [0, 0.05) is 45.5 Å². The number of likely N-dealkylation sites (tertiary alicyclic amines) is 1. The number of amides is 2. The van der Waals surface area contributed by atoms with Gasteiger partial charge in [-0.15, -0.1) is 0 Å². The number of rotatable bonds is 5. The summed E-state index contributed by atoms with van der Waals surface area (Å²) in [7, 11) is 0. The van der Waals surface area contributed by atoms with Crippen molar-refractivity contribution in [2.45, 2.75) is 25.5 Å². The number of aliphatic hydroxyl groups excluding tert-OH is 1. The molecule has 2 aliphatic rings. The molecule has 27 heavy (non-hydrogen) atoms. The van der Waals surface area contributed by atoms with Crippen LogP contribution < -0.4 is 5.32 Å². The highest BCUT2D eigenvalue weighted by Crippen LogP contribution is 2.13. The molecule has 2 amide bonds. The number of likely N-dealkylation sites (N-methyl/N-ethyl adjacent to an activating group) is 1. The monoisotopic (exact) mass is 375 g/mol. The maximum Gasteiger partial charge on any atom is 0.270 e. The molecule has 1 aromatic heterocycles. The van der Waals surface area contributed by atoms with Gasteiger partial charge < -0.3 is 20.2 Å². The van der Waals surface area contributed by atoms with Crippen LogP contribution in [0.3, 0.4) is 0 Å². The Bertz CT molecular complexity index is 633. The van der Waals surface area contributed by atoms with Gasteiger partial charge in [-0.1, -0.05) is 13.0 Å². The summed E-state index contributed by atoms with van der Waals surface area (Å²) in [5.41, 5.74) is 0.328. The first-order chi connectivity index (χ1) is 13.1. The number of hydrogen-bond donors (Lipinski definition) is 2. The fourth-order valence-electron chi connectivity index (χ4n) is 3.62. The van der Waals surface area contributed by atoms with E-state index in [1.807, 2.05) is 0 Å². The largest absolute Gasteiger partial charge is 0.389 e. The molecule has 2 atom stereocenters. The summed E-state index contributed by atoms with van der Waals surface area (Å²) < 4.78 is 0. The van der Waals surface area contributed by atoms with E-state index < -0.39 is 6.10 Å². The number of carbonyl (C=O) groups is 2. The molecule has 3 heterocycles. The number of hydrogen-bond acceptors (Lipinski definition) is 6. The van der Waals surface area contributed by atoms with Crippen LogP contribution in [-0.4, -0.2) is 101 Å². The Morgan fingerprint density at radius 3 is 2.56 bits per heavy atom. The van der Waals surface area contributed by atoms with Crippen LogP contribution in [0.5, 0.6) is 0 Å². The molecule has 2 aliphatic heterocycles. The molecule has 0 spiro atoms. The summed E-state index contributed by atoms with van der Waals surface area (Å²) in [5.74, 6) is -0.248. The molecule has 0 saturated carbocycles. The lowest BCUT2D eigenvalue weighted by Crippen LogP contribution is -2.57. The van der Waals surface area contributed by atoms with Crippen molar-refractivity contribution < 1.29 is 14.7 Å². The molecule has 2 saturated heterocycles. The van der Waals surface area contributed by atoms with Crippen LogP contribution in [0, 0.1) is 0 Å². The Balaban J connectivity index is 1.45. The third kappa shape index (κ3) is 5.24. The van der Waals surface area contributed by atoms with Crippen molar-refractivity contribution in [3.63, 3.8) is 0 Å². The van der Waals surface area contributed by atoms with Crippen molar-refractivity contribution in [1.29, 1.82) is 0 Å². The van der Waals surface area contributed by atoms with Gasteiger partial charge in [0.25, 0.3) is 5.91 Å². The average molecular weight is 375 g/mol. The van der Waals surface area contributed by atoms with Gasteiger partial charge in [-0.2, -0.15) is 0 Å². The number of carbonyl (C=O) groups excluding carboxylic acids is 2. The third-order valence-corrected chi connectivity index (χ3v) is 5.42. The summed E-state index contributed by atoms with van der Waals surface area (Å²) in [6.45, 7) is 8.18. The summed E-state index contributed by atoms with van der Waals surface area (Å²) in [6, 6.07) is 4.77. The first kappa shape index (κ1) is 19.7. The lowest BCUT2D eigenvalue weighted by molar-refractivity contribution is -0.136. The zero-order valence-corrected chi connectivity index (χ0v) is 15.9. The number of aliphatic hydroxyl groups is 1. The minimum Gasteiger partial charge on any atom is -0.389 e. The molecule has 0 radical (unpaired) electrons. The van der Waals surface area contributed by atoms with E-state index in [9.17, 15) is 14.7 Å². The smallest absolute Gasteiger partial charge is 0.270 e. The van der Waals surface area contributed by atoms with E-state index in [0.717, 1.165) is 32.7 Å². The van der Waals surface area contributed by atoms with Crippen LogP contribution >= 0.6 is 0 Å². The van der Waals surface area contributed by atoms with E-state index in [1.165, 1.54) is 0 Å². The lowest BCUT2D eigenvalue weighted by Gasteiger charge is -2.38. The van der Waals surface area contributed by atoms with Crippen LogP contribution in [-0.2, 0) is 4.79 Å². The van der Waals surface area contributed by atoms with E-state index in [4.69, 9.17) is 0 Å². The zero-order chi connectivity index (χ0) is 19.2. The highest BCUT2D eigenvalue weighted by Gasteiger charge is 2.32. The summed E-state index contributed by atoms with van der Waals surface area (Å²) in [6.07, 6.45) is 1.33. The number of piperidine rings is 1. The Morgan fingerprint density at radius 2 is 1.93 bits per heavy atom. The summed E-state index contributed by atoms with van der Waals surface area (Å²) in [5, 5.41) is 13.2. The topological polar surface area (TPSA) is 89.0 Å². The Labute approximate surface area is 160 Å². The number of nitrogens with one attached hydrogen (secondary N) is 1. The normalized spacial score (nSPS) is 24.6. The number of aromatic nitrogens is 1. The van der Waals surface area contributed by atoms with Crippen molar-refractivity contribution in [3.8, 4) is 0 Å². The minimum atomic E-state index is -0.771. The average Bonchev–Trinajstić information content (AvgIpc) is 2.70. The fraction of sp³-hybridized carbons (Fsp3) is 0.632. The number of nitrogens with zero attached hydrogens (tertiary/aromatic N) is 4. The third-order valence-electron chi connectivity index (χ3n) is 5.42. The van der Waals surface area contributed by atoms with Gasteiger partial charge in [-0.3, -0.25) is 19.5 Å². The van der Waals surface area contributed by atoms with Crippen LogP contribution in [0.25, 0.3) is 0 Å². The molecule has 2 N–H and O–H groups in total. The molecule has 1 aromatic rings. The summed E-state index contributed by atoms with van der Waals surface area (Å²) >= 11 is 0. The highest BCUT2D eigenvalue weighted by atomic mass is 16.3. The number of pyridine rings is 1. The molecule has 0 unspecified atom stereocenters. The number of piperazine rings is 1. The standard InChI is InChI=1S/C19H29N5O3/c1-2-22-9-11-23(12-10-22)14-18(26)24-8-6-15(17(25)13-24)21-19(27)16-5-3-4-7-20-16/h3-5,7,15,17,25H,2,6,8-14H2,1H3,(H,21,27)/t15-,17-/m1/s1. The predicted octanol–water partition coefficient (Wildman–Crippen LogP) is -0.589. The first-order valence-corrected chi connectivity index (χ1v) is 9.69.